The first-order chi connectivity index (χ1) is 14.0. The highest BCUT2D eigenvalue weighted by molar-refractivity contribution is 6.34. The van der Waals surface area contributed by atoms with Crippen LogP contribution in [-0.4, -0.2) is 54.4 Å². The zero-order valence-electron chi connectivity index (χ0n) is 16.2. The highest BCUT2D eigenvalue weighted by Crippen LogP contribution is 2.26. The number of carbonyl (C=O) groups excluding carboxylic acids is 2. The number of halogens is 1. The van der Waals surface area contributed by atoms with Gasteiger partial charge in [-0.25, -0.2) is 9.78 Å². The number of rotatable bonds is 7. The van der Waals surface area contributed by atoms with Crippen LogP contribution >= 0.6 is 11.6 Å². The minimum absolute atomic E-state index is 0.211. The normalized spacial score (nSPS) is 15.9. The molecule has 0 spiro atoms. The summed E-state index contributed by atoms with van der Waals surface area (Å²) in [6.07, 6.45) is 6.12. The lowest BCUT2D eigenvalue weighted by atomic mass is 10.1. The number of nitrogens with zero attached hydrogens (tertiary/aromatic N) is 2. The number of ketones is 1. The lowest BCUT2D eigenvalue weighted by Gasteiger charge is -2.24. The number of carbonyl (C=O) groups is 2. The van der Waals surface area contributed by atoms with Crippen LogP contribution in [0.3, 0.4) is 0 Å². The van der Waals surface area contributed by atoms with Gasteiger partial charge in [-0.1, -0.05) is 18.2 Å². The molecule has 0 unspecified atom stereocenters. The minimum atomic E-state index is -0.780. The second-order valence-corrected chi connectivity index (χ2v) is 6.91. The largest absolute Gasteiger partial charge is 0.481 e. The molecule has 29 heavy (non-hydrogen) atoms. The van der Waals surface area contributed by atoms with E-state index in [0.717, 1.165) is 16.3 Å². The molecular weight excluding hydrogens is 394 g/mol. The first-order valence-corrected chi connectivity index (χ1v) is 9.50. The summed E-state index contributed by atoms with van der Waals surface area (Å²) in [5.41, 5.74) is 1.36. The van der Waals surface area contributed by atoms with Crippen molar-refractivity contribution in [3.8, 4) is 5.88 Å². The summed E-state index contributed by atoms with van der Waals surface area (Å²) in [5.74, 6) is 0.323. The van der Waals surface area contributed by atoms with Crippen molar-refractivity contribution in [1.82, 2.24) is 15.2 Å². The van der Waals surface area contributed by atoms with Crippen molar-refractivity contribution in [3.63, 3.8) is 0 Å². The van der Waals surface area contributed by atoms with Crippen LogP contribution in [0.4, 0.5) is 4.79 Å². The molecule has 1 aromatic heterocycles. The van der Waals surface area contributed by atoms with Crippen molar-refractivity contribution in [1.29, 1.82) is 0 Å². The molecule has 1 N–H and O–H groups in total. The Balaban J connectivity index is 1.83. The molecule has 1 aliphatic rings. The fourth-order valence-electron chi connectivity index (χ4n) is 3.02. The quantitative estimate of drug-likeness (QED) is 0.703. The Morgan fingerprint density at radius 2 is 2.00 bits per heavy atom. The number of hydrogen-bond acceptors (Lipinski definition) is 5. The number of ether oxygens (including phenoxy) is 2. The number of urea groups is 1. The molecule has 0 fully saturated rings. The summed E-state index contributed by atoms with van der Waals surface area (Å²) in [6.45, 7) is 1.08. The van der Waals surface area contributed by atoms with Crippen LogP contribution in [0, 0.1) is 0 Å². The lowest BCUT2D eigenvalue weighted by Crippen LogP contribution is -2.41. The molecule has 1 heterocycles. The Kier molecular flexibility index (Phi) is 6.85. The Hall–Kier alpha value is -2.90. The highest BCUT2D eigenvalue weighted by atomic mass is 35.5. The van der Waals surface area contributed by atoms with E-state index in [9.17, 15) is 9.59 Å². The van der Waals surface area contributed by atoms with E-state index in [4.69, 9.17) is 21.1 Å². The van der Waals surface area contributed by atoms with Crippen LogP contribution in [-0.2, 0) is 16.1 Å². The Bertz CT molecular complexity index is 974. The second kappa shape index (κ2) is 9.54. The number of fused-ring (bicyclic) bond motifs is 1. The molecule has 1 aromatic carbocycles. The van der Waals surface area contributed by atoms with Crippen LogP contribution < -0.4 is 10.1 Å². The molecular formula is C21H22ClN3O4. The zero-order valence-corrected chi connectivity index (χ0v) is 17.0. The van der Waals surface area contributed by atoms with Gasteiger partial charge in [0.1, 0.15) is 5.38 Å². The summed E-state index contributed by atoms with van der Waals surface area (Å²) in [7, 11) is 3.16. The molecule has 1 atom stereocenters. The van der Waals surface area contributed by atoms with Gasteiger partial charge in [-0.2, -0.15) is 0 Å². The van der Waals surface area contributed by atoms with Crippen LogP contribution in [0.2, 0.25) is 0 Å². The molecule has 1 aliphatic carbocycles. The standard InChI is InChI=1S/C21H22ClN3O4/c1-28-10-9-25(21(27)24-15-7-8-19(26)18(22)11-15)13-14-12-23-20(29-2)17-6-4-3-5-16(14)17/h3-8,11-12,18H,9-10,13H2,1-2H3,(H,24,27)/t18-/m0/s1. The SMILES string of the molecule is COCCN(Cc1cnc(OC)c2ccccc12)C(=O)NC1=C[C@H](Cl)C(=O)C=C1. The molecule has 8 heteroatoms. The maximum absolute atomic E-state index is 12.9. The zero-order chi connectivity index (χ0) is 20.8. The predicted octanol–water partition coefficient (Wildman–Crippen LogP) is 3.03. The third-order valence-corrected chi connectivity index (χ3v) is 4.87. The summed E-state index contributed by atoms with van der Waals surface area (Å²) in [6, 6.07) is 7.42. The Morgan fingerprint density at radius 1 is 1.24 bits per heavy atom. The van der Waals surface area contributed by atoms with E-state index < -0.39 is 5.38 Å². The topological polar surface area (TPSA) is 80.8 Å². The van der Waals surface area contributed by atoms with Gasteiger partial charge in [-0.3, -0.25) is 4.79 Å². The maximum Gasteiger partial charge on any atom is 0.322 e. The fraction of sp³-hybridized carbons (Fsp3) is 0.286. The summed E-state index contributed by atoms with van der Waals surface area (Å²) in [4.78, 5) is 30.4. The molecule has 0 saturated carbocycles. The van der Waals surface area contributed by atoms with Gasteiger partial charge in [0, 0.05) is 37.5 Å². The Morgan fingerprint density at radius 3 is 2.69 bits per heavy atom. The summed E-state index contributed by atoms with van der Waals surface area (Å²) >= 11 is 5.95. The number of methoxy groups -OCH3 is 2. The van der Waals surface area contributed by atoms with Crippen LogP contribution in [0.25, 0.3) is 10.8 Å². The summed E-state index contributed by atoms with van der Waals surface area (Å²) < 4.78 is 10.5. The lowest BCUT2D eigenvalue weighted by molar-refractivity contribution is -0.113. The number of aromatic nitrogens is 1. The van der Waals surface area contributed by atoms with E-state index >= 15 is 0 Å². The molecule has 0 radical (unpaired) electrons. The monoisotopic (exact) mass is 415 g/mol. The van der Waals surface area contributed by atoms with E-state index in [1.54, 1.807) is 25.3 Å². The third-order valence-electron chi connectivity index (χ3n) is 4.52. The van der Waals surface area contributed by atoms with E-state index in [1.807, 2.05) is 24.3 Å². The fourth-order valence-corrected chi connectivity index (χ4v) is 3.23. The first kappa shape index (κ1) is 20.8. The number of amides is 2. The number of benzene rings is 1. The highest BCUT2D eigenvalue weighted by Gasteiger charge is 2.20. The van der Waals surface area contributed by atoms with Crippen LogP contribution in [0.1, 0.15) is 5.56 Å². The van der Waals surface area contributed by atoms with Gasteiger partial charge in [0.2, 0.25) is 5.88 Å². The predicted molar refractivity (Wildman–Crippen MR) is 111 cm³/mol. The van der Waals surface area contributed by atoms with Crippen molar-refractivity contribution in [2.75, 3.05) is 27.4 Å². The third kappa shape index (κ3) is 4.93. The number of nitrogens with one attached hydrogen (secondary N) is 1. The molecule has 0 saturated heterocycles. The van der Waals surface area contributed by atoms with Crippen molar-refractivity contribution < 1.29 is 19.1 Å². The number of hydrogen-bond donors (Lipinski definition) is 1. The first-order valence-electron chi connectivity index (χ1n) is 9.06. The van der Waals surface area contributed by atoms with Crippen molar-refractivity contribution in [3.05, 3.63) is 60.0 Å². The molecule has 7 nitrogen and oxygen atoms in total. The van der Waals surface area contributed by atoms with Crippen LogP contribution in [0.15, 0.2) is 54.4 Å². The molecule has 3 rings (SSSR count). The van der Waals surface area contributed by atoms with Gasteiger partial charge in [0.15, 0.2) is 5.78 Å². The Labute approximate surface area is 173 Å². The van der Waals surface area contributed by atoms with Gasteiger partial charge in [0.05, 0.1) is 13.7 Å². The average Bonchev–Trinajstić information content (AvgIpc) is 2.73. The molecule has 2 aromatic rings. The molecule has 2 amide bonds. The number of alkyl halides is 1. The van der Waals surface area contributed by atoms with E-state index in [2.05, 4.69) is 10.3 Å². The van der Waals surface area contributed by atoms with Gasteiger partial charge in [0.25, 0.3) is 0 Å². The van der Waals surface area contributed by atoms with Gasteiger partial charge in [-0.15, -0.1) is 11.6 Å². The minimum Gasteiger partial charge on any atom is -0.481 e. The van der Waals surface area contributed by atoms with Crippen molar-refractivity contribution in [2.24, 2.45) is 0 Å². The van der Waals surface area contributed by atoms with E-state index in [-0.39, 0.29) is 11.8 Å². The smallest absolute Gasteiger partial charge is 0.322 e. The van der Waals surface area contributed by atoms with E-state index in [0.29, 0.717) is 31.3 Å². The van der Waals surface area contributed by atoms with Gasteiger partial charge < -0.3 is 19.7 Å². The van der Waals surface area contributed by atoms with E-state index in [1.165, 1.54) is 18.2 Å². The van der Waals surface area contributed by atoms with Crippen molar-refractivity contribution in [2.45, 2.75) is 11.9 Å². The van der Waals surface area contributed by atoms with Gasteiger partial charge >= 0.3 is 6.03 Å². The summed E-state index contributed by atoms with van der Waals surface area (Å²) in [5, 5.41) is 3.85. The maximum atomic E-state index is 12.9. The van der Waals surface area contributed by atoms with Crippen LogP contribution in [0.5, 0.6) is 5.88 Å². The molecule has 0 aliphatic heterocycles. The second-order valence-electron chi connectivity index (χ2n) is 6.44. The average molecular weight is 416 g/mol. The molecule has 0 bridgehead atoms. The number of allylic oxidation sites excluding steroid dienone is 3. The molecule has 152 valence electrons. The van der Waals surface area contributed by atoms with Gasteiger partial charge in [-0.05, 0) is 35.2 Å². The number of pyridine rings is 1. The van der Waals surface area contributed by atoms with Crippen molar-refractivity contribution >= 4 is 34.2 Å².